The molecule has 1 aliphatic carbocycles. The third-order valence-corrected chi connectivity index (χ3v) is 7.55. The highest BCUT2D eigenvalue weighted by atomic mass is 32.2. The van der Waals surface area contributed by atoms with Gasteiger partial charge in [0.25, 0.3) is 0 Å². The number of nitrogens with zero attached hydrogens (tertiary/aromatic N) is 4. The van der Waals surface area contributed by atoms with Gasteiger partial charge in [0.05, 0.1) is 24.8 Å². The molecule has 1 aliphatic heterocycles. The first kappa shape index (κ1) is 19.4. The number of ether oxygens (including phenoxy) is 1. The number of rotatable bonds is 7. The van der Waals surface area contributed by atoms with Crippen molar-refractivity contribution in [1.82, 2.24) is 14.3 Å². The molecule has 0 spiro atoms. The lowest BCUT2D eigenvalue weighted by Gasteiger charge is -2.36. The summed E-state index contributed by atoms with van der Waals surface area (Å²) in [5.74, 6) is 2.19. The molecule has 26 heavy (non-hydrogen) atoms. The van der Waals surface area contributed by atoms with Crippen molar-refractivity contribution < 1.29 is 13.2 Å². The van der Waals surface area contributed by atoms with Crippen LogP contribution in [0.25, 0.3) is 0 Å². The third-order valence-electron chi connectivity index (χ3n) is 5.65. The molecule has 0 bridgehead atoms. The SMILES string of the molecule is CCS(=O)(=O)N(C)C1CCN(c2cncc(OCC3CCCC3)n2)CC1. The molecule has 2 fully saturated rings. The van der Waals surface area contributed by atoms with E-state index in [1.165, 1.54) is 30.0 Å². The fraction of sp³-hybridized carbons (Fsp3) is 0.778. The molecule has 1 saturated heterocycles. The van der Waals surface area contributed by atoms with Crippen LogP contribution in [0.4, 0.5) is 5.82 Å². The Morgan fingerprint density at radius 3 is 2.54 bits per heavy atom. The van der Waals surface area contributed by atoms with Crippen molar-refractivity contribution in [3.63, 3.8) is 0 Å². The first-order valence-electron chi connectivity index (χ1n) is 9.65. The van der Waals surface area contributed by atoms with Gasteiger partial charge in [-0.15, -0.1) is 0 Å². The minimum atomic E-state index is -3.14. The van der Waals surface area contributed by atoms with Gasteiger partial charge in [0, 0.05) is 26.2 Å². The van der Waals surface area contributed by atoms with Gasteiger partial charge < -0.3 is 9.64 Å². The van der Waals surface area contributed by atoms with Gasteiger partial charge in [-0.2, -0.15) is 4.98 Å². The zero-order chi connectivity index (χ0) is 18.6. The van der Waals surface area contributed by atoms with E-state index in [4.69, 9.17) is 4.74 Å². The average Bonchev–Trinajstić information content (AvgIpc) is 3.20. The van der Waals surface area contributed by atoms with Gasteiger partial charge in [-0.25, -0.2) is 12.7 Å². The molecule has 1 aromatic rings. The molecule has 2 heterocycles. The number of piperidine rings is 1. The predicted octanol–water partition coefficient (Wildman–Crippen LogP) is 2.30. The minimum absolute atomic E-state index is 0.0611. The average molecular weight is 383 g/mol. The molecule has 0 atom stereocenters. The van der Waals surface area contributed by atoms with E-state index in [-0.39, 0.29) is 11.8 Å². The molecule has 7 nitrogen and oxygen atoms in total. The third kappa shape index (κ3) is 4.65. The van der Waals surface area contributed by atoms with Crippen molar-refractivity contribution in [3.8, 4) is 5.88 Å². The summed E-state index contributed by atoms with van der Waals surface area (Å²) in [7, 11) is -1.44. The van der Waals surface area contributed by atoms with Crippen LogP contribution >= 0.6 is 0 Å². The van der Waals surface area contributed by atoms with Crippen molar-refractivity contribution in [2.45, 2.75) is 51.5 Å². The summed E-state index contributed by atoms with van der Waals surface area (Å²) < 4.78 is 31.5. The summed E-state index contributed by atoms with van der Waals surface area (Å²) in [5, 5.41) is 0. The lowest BCUT2D eigenvalue weighted by molar-refractivity contribution is 0.242. The summed E-state index contributed by atoms with van der Waals surface area (Å²) >= 11 is 0. The van der Waals surface area contributed by atoms with E-state index in [9.17, 15) is 8.42 Å². The van der Waals surface area contributed by atoms with Gasteiger partial charge in [0.15, 0.2) is 5.82 Å². The Hall–Kier alpha value is -1.41. The Labute approximate surface area is 156 Å². The lowest BCUT2D eigenvalue weighted by Crippen LogP contribution is -2.46. The van der Waals surface area contributed by atoms with Crippen LogP contribution in [0, 0.1) is 5.92 Å². The largest absolute Gasteiger partial charge is 0.476 e. The first-order chi connectivity index (χ1) is 12.5. The Morgan fingerprint density at radius 2 is 1.88 bits per heavy atom. The Morgan fingerprint density at radius 1 is 1.19 bits per heavy atom. The molecule has 1 aromatic heterocycles. The molecule has 2 aliphatic rings. The van der Waals surface area contributed by atoms with E-state index in [1.54, 1.807) is 26.4 Å². The van der Waals surface area contributed by atoms with Gasteiger partial charge in [0.2, 0.25) is 15.9 Å². The van der Waals surface area contributed by atoms with Gasteiger partial charge >= 0.3 is 0 Å². The molecule has 0 aromatic carbocycles. The lowest BCUT2D eigenvalue weighted by atomic mass is 10.1. The maximum absolute atomic E-state index is 12.0. The molecular weight excluding hydrogens is 352 g/mol. The van der Waals surface area contributed by atoms with Crippen LogP contribution < -0.4 is 9.64 Å². The van der Waals surface area contributed by atoms with Crippen LogP contribution in [0.15, 0.2) is 12.4 Å². The molecule has 1 saturated carbocycles. The number of hydrogen-bond acceptors (Lipinski definition) is 6. The molecule has 0 N–H and O–H groups in total. The molecule has 3 rings (SSSR count). The minimum Gasteiger partial charge on any atom is -0.476 e. The number of anilines is 1. The van der Waals surface area contributed by atoms with E-state index in [1.807, 2.05) is 0 Å². The maximum Gasteiger partial charge on any atom is 0.234 e. The van der Waals surface area contributed by atoms with E-state index in [0.29, 0.717) is 11.8 Å². The predicted molar refractivity (Wildman–Crippen MR) is 102 cm³/mol. The van der Waals surface area contributed by atoms with Crippen molar-refractivity contribution in [2.75, 3.05) is 37.4 Å². The standard InChI is InChI=1S/C18H30N4O3S/c1-3-26(23,24)21(2)16-8-10-22(11-9-16)17-12-19-13-18(20-17)25-14-15-6-4-5-7-15/h12-13,15-16H,3-11,14H2,1-2H3. The van der Waals surface area contributed by atoms with Crippen LogP contribution in [0.2, 0.25) is 0 Å². The van der Waals surface area contributed by atoms with Crippen molar-refractivity contribution in [3.05, 3.63) is 12.4 Å². The molecule has 8 heteroatoms. The topological polar surface area (TPSA) is 75.6 Å². The highest BCUT2D eigenvalue weighted by Gasteiger charge is 2.29. The van der Waals surface area contributed by atoms with Crippen LogP contribution in [0.5, 0.6) is 5.88 Å². The highest BCUT2D eigenvalue weighted by Crippen LogP contribution is 2.26. The Balaban J connectivity index is 1.55. The Kier molecular flexibility index (Phi) is 6.34. The molecule has 0 amide bonds. The van der Waals surface area contributed by atoms with Gasteiger partial charge in [0.1, 0.15) is 0 Å². The fourth-order valence-corrected chi connectivity index (χ4v) is 4.90. The van der Waals surface area contributed by atoms with Crippen molar-refractivity contribution in [1.29, 1.82) is 0 Å². The summed E-state index contributed by atoms with van der Waals surface area (Å²) in [4.78, 5) is 11.0. The van der Waals surface area contributed by atoms with E-state index in [2.05, 4.69) is 14.9 Å². The van der Waals surface area contributed by atoms with Crippen molar-refractivity contribution in [2.24, 2.45) is 5.92 Å². The monoisotopic (exact) mass is 382 g/mol. The van der Waals surface area contributed by atoms with Crippen LogP contribution in [0.3, 0.4) is 0 Å². The maximum atomic E-state index is 12.0. The summed E-state index contributed by atoms with van der Waals surface area (Å²) in [5.41, 5.74) is 0. The molecule has 0 radical (unpaired) electrons. The highest BCUT2D eigenvalue weighted by molar-refractivity contribution is 7.89. The van der Waals surface area contributed by atoms with Gasteiger partial charge in [-0.05, 0) is 38.5 Å². The van der Waals surface area contributed by atoms with Gasteiger partial charge in [-0.3, -0.25) is 4.98 Å². The Bertz CT molecular complexity index is 683. The zero-order valence-corrected chi connectivity index (χ0v) is 16.6. The fourth-order valence-electron chi connectivity index (χ4n) is 3.83. The summed E-state index contributed by atoms with van der Waals surface area (Å²) in [6, 6.07) is 0.0611. The van der Waals surface area contributed by atoms with E-state index >= 15 is 0 Å². The first-order valence-corrected chi connectivity index (χ1v) is 11.3. The number of sulfonamides is 1. The van der Waals surface area contributed by atoms with Crippen LogP contribution in [-0.2, 0) is 10.0 Å². The van der Waals surface area contributed by atoms with Crippen molar-refractivity contribution >= 4 is 15.8 Å². The molecule has 0 unspecified atom stereocenters. The van der Waals surface area contributed by atoms with Gasteiger partial charge in [-0.1, -0.05) is 12.8 Å². The smallest absolute Gasteiger partial charge is 0.234 e. The van der Waals surface area contributed by atoms with Crippen LogP contribution in [-0.4, -0.2) is 61.2 Å². The second-order valence-corrected chi connectivity index (χ2v) is 9.63. The normalized spacial score (nSPS) is 20.0. The molecular formula is C18H30N4O3S. The van der Waals surface area contributed by atoms with E-state index in [0.717, 1.165) is 38.4 Å². The number of hydrogen-bond donors (Lipinski definition) is 0. The second kappa shape index (κ2) is 8.52. The number of aromatic nitrogens is 2. The summed E-state index contributed by atoms with van der Waals surface area (Å²) in [6.45, 7) is 3.96. The van der Waals surface area contributed by atoms with Crippen LogP contribution in [0.1, 0.15) is 45.4 Å². The molecule has 146 valence electrons. The zero-order valence-electron chi connectivity index (χ0n) is 15.8. The summed E-state index contributed by atoms with van der Waals surface area (Å²) in [6.07, 6.45) is 10.1. The second-order valence-electron chi connectivity index (χ2n) is 7.31. The van der Waals surface area contributed by atoms with E-state index < -0.39 is 10.0 Å². The quantitative estimate of drug-likeness (QED) is 0.720.